The topological polar surface area (TPSA) is 38.5 Å². The lowest BCUT2D eigenvalue weighted by molar-refractivity contribution is 0.159. The minimum absolute atomic E-state index is 0.105. The molecule has 0 saturated carbocycles. The molecule has 0 aliphatic carbocycles. The van der Waals surface area contributed by atoms with Crippen LogP contribution < -0.4 is 5.73 Å². The second-order valence-electron chi connectivity index (χ2n) is 4.24. The van der Waals surface area contributed by atoms with Crippen LogP contribution in [-0.2, 0) is 4.74 Å². The average molecular weight is 301 g/mol. The molecule has 1 unspecified atom stereocenters. The van der Waals surface area contributed by atoms with E-state index < -0.39 is 0 Å². The van der Waals surface area contributed by atoms with Crippen LogP contribution >= 0.6 is 15.9 Å². The van der Waals surface area contributed by atoms with Crippen LogP contribution in [0.3, 0.4) is 0 Å². The zero-order chi connectivity index (χ0) is 12.7. The molecule has 0 saturated heterocycles. The number of nitrogens with zero attached hydrogens (tertiary/aromatic N) is 1. The van der Waals surface area contributed by atoms with E-state index in [9.17, 15) is 0 Å². The van der Waals surface area contributed by atoms with Crippen LogP contribution in [0.1, 0.15) is 18.0 Å². The van der Waals surface area contributed by atoms with Gasteiger partial charge in [0.1, 0.15) is 0 Å². The van der Waals surface area contributed by atoms with Crippen LogP contribution in [-0.4, -0.2) is 38.8 Å². The Balaban J connectivity index is 2.34. The summed E-state index contributed by atoms with van der Waals surface area (Å²) in [5.41, 5.74) is 7.34. The third kappa shape index (κ3) is 5.64. The van der Waals surface area contributed by atoms with Gasteiger partial charge in [0.05, 0.1) is 6.61 Å². The number of rotatable bonds is 7. The number of ether oxygens (including phenoxy) is 1. The van der Waals surface area contributed by atoms with Crippen molar-refractivity contribution < 1.29 is 4.74 Å². The summed E-state index contributed by atoms with van der Waals surface area (Å²) in [5.74, 6) is 0. The summed E-state index contributed by atoms with van der Waals surface area (Å²) in [4.78, 5) is 2.24. The molecule has 0 radical (unpaired) electrons. The zero-order valence-corrected chi connectivity index (χ0v) is 12.1. The van der Waals surface area contributed by atoms with Crippen molar-refractivity contribution in [3.63, 3.8) is 0 Å². The van der Waals surface area contributed by atoms with E-state index in [-0.39, 0.29) is 6.04 Å². The van der Waals surface area contributed by atoms with Gasteiger partial charge >= 0.3 is 0 Å². The predicted octanol–water partition coefficient (Wildman–Crippen LogP) is 2.42. The molecule has 0 fully saturated rings. The first-order valence-corrected chi connectivity index (χ1v) is 6.61. The van der Waals surface area contributed by atoms with Crippen LogP contribution in [0, 0.1) is 0 Å². The van der Waals surface area contributed by atoms with Crippen LogP contribution in [0.2, 0.25) is 0 Å². The van der Waals surface area contributed by atoms with Gasteiger partial charge in [-0.25, -0.2) is 0 Å². The maximum Gasteiger partial charge on any atom is 0.0589 e. The summed E-state index contributed by atoms with van der Waals surface area (Å²) in [6, 6.07) is 8.31. The van der Waals surface area contributed by atoms with E-state index in [1.807, 2.05) is 12.1 Å². The van der Waals surface area contributed by atoms with Crippen LogP contribution in [0.5, 0.6) is 0 Å². The lowest BCUT2D eigenvalue weighted by atomic mass is 10.0. The first kappa shape index (κ1) is 14.6. The highest BCUT2D eigenvalue weighted by Crippen LogP contribution is 2.17. The van der Waals surface area contributed by atoms with Gasteiger partial charge in [0.25, 0.3) is 0 Å². The van der Waals surface area contributed by atoms with Gasteiger partial charge in [-0.3, -0.25) is 0 Å². The molecule has 0 heterocycles. The smallest absolute Gasteiger partial charge is 0.0589 e. The number of likely N-dealkylation sites (N-methyl/N-ethyl adjacent to an activating group) is 1. The highest BCUT2D eigenvalue weighted by atomic mass is 79.9. The number of hydrogen-bond donors (Lipinski definition) is 1. The molecule has 0 aliphatic heterocycles. The number of nitrogens with two attached hydrogens (primary N) is 1. The van der Waals surface area contributed by atoms with Crippen molar-refractivity contribution in [2.45, 2.75) is 12.5 Å². The Kier molecular flexibility index (Phi) is 6.73. The molecule has 1 aromatic rings. The Labute approximate surface area is 112 Å². The second kappa shape index (κ2) is 7.82. The summed E-state index contributed by atoms with van der Waals surface area (Å²) in [7, 11) is 3.81. The lowest BCUT2D eigenvalue weighted by Crippen LogP contribution is -2.26. The fourth-order valence-electron chi connectivity index (χ4n) is 1.60. The molecule has 0 amide bonds. The summed E-state index contributed by atoms with van der Waals surface area (Å²) in [5, 5.41) is 0. The Morgan fingerprint density at radius 3 is 2.53 bits per heavy atom. The van der Waals surface area contributed by atoms with E-state index in [1.165, 1.54) is 5.56 Å². The molecule has 0 spiro atoms. The SMILES string of the molecule is COCCN(C)CCC(N)c1ccc(Br)cc1. The van der Waals surface area contributed by atoms with Crippen molar-refractivity contribution in [3.8, 4) is 0 Å². The number of methoxy groups -OCH3 is 1. The largest absolute Gasteiger partial charge is 0.383 e. The summed E-state index contributed by atoms with van der Waals surface area (Å²) in [6.45, 7) is 2.70. The zero-order valence-electron chi connectivity index (χ0n) is 10.5. The summed E-state index contributed by atoms with van der Waals surface area (Å²) < 4.78 is 6.13. The minimum Gasteiger partial charge on any atom is -0.383 e. The van der Waals surface area contributed by atoms with Gasteiger partial charge in [-0.2, -0.15) is 0 Å². The molecule has 2 N–H and O–H groups in total. The molecule has 17 heavy (non-hydrogen) atoms. The molecule has 1 rings (SSSR count). The lowest BCUT2D eigenvalue weighted by Gasteiger charge is -2.19. The van der Waals surface area contributed by atoms with Gasteiger partial charge in [0.2, 0.25) is 0 Å². The van der Waals surface area contributed by atoms with Crippen LogP contribution in [0.4, 0.5) is 0 Å². The Morgan fingerprint density at radius 2 is 1.94 bits per heavy atom. The maximum atomic E-state index is 6.15. The fourth-order valence-corrected chi connectivity index (χ4v) is 1.86. The van der Waals surface area contributed by atoms with Crippen LogP contribution in [0.25, 0.3) is 0 Å². The fraction of sp³-hybridized carbons (Fsp3) is 0.538. The van der Waals surface area contributed by atoms with Gasteiger partial charge in [-0.15, -0.1) is 0 Å². The molecule has 1 aromatic carbocycles. The maximum absolute atomic E-state index is 6.15. The highest BCUT2D eigenvalue weighted by Gasteiger charge is 2.07. The monoisotopic (exact) mass is 300 g/mol. The van der Waals surface area contributed by atoms with Crippen molar-refractivity contribution in [1.29, 1.82) is 0 Å². The molecule has 0 aromatic heterocycles. The number of benzene rings is 1. The molecule has 4 heteroatoms. The molecular weight excluding hydrogens is 280 g/mol. The molecule has 96 valence electrons. The molecule has 0 bridgehead atoms. The van der Waals surface area contributed by atoms with Gasteiger partial charge in [-0.1, -0.05) is 28.1 Å². The highest BCUT2D eigenvalue weighted by molar-refractivity contribution is 9.10. The second-order valence-corrected chi connectivity index (χ2v) is 5.16. The first-order valence-electron chi connectivity index (χ1n) is 5.82. The first-order chi connectivity index (χ1) is 8.13. The summed E-state index contributed by atoms with van der Waals surface area (Å²) >= 11 is 3.42. The van der Waals surface area contributed by atoms with Crippen molar-refractivity contribution in [1.82, 2.24) is 4.90 Å². The van der Waals surface area contributed by atoms with Gasteiger partial charge < -0.3 is 15.4 Å². The quantitative estimate of drug-likeness (QED) is 0.840. The van der Waals surface area contributed by atoms with Crippen LogP contribution in [0.15, 0.2) is 28.7 Å². The van der Waals surface area contributed by atoms with Gasteiger partial charge in [-0.05, 0) is 37.7 Å². The van der Waals surface area contributed by atoms with Gasteiger partial charge in [0.15, 0.2) is 0 Å². The third-order valence-electron chi connectivity index (χ3n) is 2.80. The van der Waals surface area contributed by atoms with E-state index in [2.05, 4.69) is 40.0 Å². The normalized spacial score (nSPS) is 13.0. The van der Waals surface area contributed by atoms with Crippen molar-refractivity contribution in [2.24, 2.45) is 5.73 Å². The molecule has 0 aliphatic rings. The van der Waals surface area contributed by atoms with E-state index in [1.54, 1.807) is 7.11 Å². The van der Waals surface area contributed by atoms with E-state index >= 15 is 0 Å². The molecule has 3 nitrogen and oxygen atoms in total. The summed E-state index contributed by atoms with van der Waals surface area (Å²) in [6.07, 6.45) is 0.960. The Morgan fingerprint density at radius 1 is 1.29 bits per heavy atom. The van der Waals surface area contributed by atoms with Gasteiger partial charge in [0, 0.05) is 24.2 Å². The predicted molar refractivity (Wildman–Crippen MR) is 75.1 cm³/mol. The third-order valence-corrected chi connectivity index (χ3v) is 3.33. The van der Waals surface area contributed by atoms with E-state index in [0.29, 0.717) is 0 Å². The Bertz CT molecular complexity index is 316. The number of hydrogen-bond acceptors (Lipinski definition) is 3. The minimum atomic E-state index is 0.105. The van der Waals surface area contributed by atoms with E-state index in [4.69, 9.17) is 10.5 Å². The van der Waals surface area contributed by atoms with Crippen molar-refractivity contribution in [3.05, 3.63) is 34.3 Å². The standard InChI is InChI=1S/C13H21BrN2O/c1-16(9-10-17-2)8-7-13(15)11-3-5-12(14)6-4-11/h3-6,13H,7-10,15H2,1-2H3. The van der Waals surface area contributed by atoms with E-state index in [0.717, 1.165) is 30.6 Å². The number of halogens is 1. The average Bonchev–Trinajstić information content (AvgIpc) is 2.34. The molecule has 1 atom stereocenters. The molecular formula is C13H21BrN2O. The van der Waals surface area contributed by atoms with Crippen molar-refractivity contribution in [2.75, 3.05) is 33.9 Å². The van der Waals surface area contributed by atoms with Crippen molar-refractivity contribution >= 4 is 15.9 Å². The Hall–Kier alpha value is -0.420.